The second-order valence-electron chi connectivity index (χ2n) is 23.8. The van der Waals surface area contributed by atoms with Crippen LogP contribution in [0.2, 0.25) is 0 Å². The molecular formula is C59H64BFN2O. The van der Waals surface area contributed by atoms with Crippen molar-refractivity contribution in [1.82, 2.24) is 0 Å². The summed E-state index contributed by atoms with van der Waals surface area (Å²) in [5.41, 5.74) is 19.6. The van der Waals surface area contributed by atoms with Crippen LogP contribution in [0.3, 0.4) is 0 Å². The first-order valence-electron chi connectivity index (χ1n) is 23.9. The van der Waals surface area contributed by atoms with Crippen molar-refractivity contribution in [2.75, 3.05) is 9.80 Å². The molecule has 3 nitrogen and oxygen atoms in total. The van der Waals surface area contributed by atoms with Crippen LogP contribution in [0.1, 0.15) is 131 Å². The minimum absolute atomic E-state index is 0.00837. The van der Waals surface area contributed by atoms with Gasteiger partial charge in [-0.15, -0.1) is 0 Å². The van der Waals surface area contributed by atoms with Crippen LogP contribution in [0, 0.1) is 29.5 Å². The van der Waals surface area contributed by atoms with Gasteiger partial charge in [-0.1, -0.05) is 141 Å². The maximum Gasteiger partial charge on any atom is 0.293 e. The van der Waals surface area contributed by atoms with E-state index < -0.39 is 0 Å². The molecule has 0 spiro atoms. The van der Waals surface area contributed by atoms with Crippen molar-refractivity contribution in [3.63, 3.8) is 0 Å². The molecule has 5 aliphatic rings. The largest absolute Gasteiger partial charge is 0.468 e. The zero-order valence-corrected chi connectivity index (χ0v) is 40.2. The number of hydrogen-bond donors (Lipinski definition) is 0. The molecule has 2 aliphatic heterocycles. The van der Waals surface area contributed by atoms with E-state index in [1.54, 1.807) is 0 Å². The third-order valence-corrected chi connectivity index (χ3v) is 16.6. The molecule has 1 fully saturated rings. The van der Waals surface area contributed by atoms with Gasteiger partial charge in [0.2, 0.25) is 0 Å². The lowest BCUT2D eigenvalue weighted by Crippen LogP contribution is -2.57. The number of halogens is 1. The second kappa shape index (κ2) is 13.6. The molecule has 1 saturated carbocycles. The fraction of sp³-hybridized carbons (Fsp3) is 0.390. The Morgan fingerprint density at radius 3 is 2.09 bits per heavy atom. The lowest BCUT2D eigenvalue weighted by atomic mass is 9.32. The van der Waals surface area contributed by atoms with E-state index in [9.17, 15) is 0 Å². The zero-order chi connectivity index (χ0) is 45.0. The van der Waals surface area contributed by atoms with E-state index in [-0.39, 0.29) is 39.6 Å². The number of fused-ring (bicyclic) bond motifs is 7. The number of benzene rings is 5. The highest BCUT2D eigenvalue weighted by atomic mass is 19.1. The Morgan fingerprint density at radius 2 is 1.38 bits per heavy atom. The van der Waals surface area contributed by atoms with E-state index >= 15 is 4.39 Å². The van der Waals surface area contributed by atoms with E-state index in [2.05, 4.69) is 184 Å². The molecule has 1 unspecified atom stereocenters. The number of aryl methyl sites for hydroxylation is 1. The molecule has 0 amide bonds. The highest BCUT2D eigenvalue weighted by molar-refractivity contribution is 6.94. The van der Waals surface area contributed by atoms with Crippen molar-refractivity contribution in [3.8, 4) is 11.1 Å². The van der Waals surface area contributed by atoms with Crippen molar-refractivity contribution < 1.29 is 8.81 Å². The summed E-state index contributed by atoms with van der Waals surface area (Å²) in [6.07, 6.45) is 8.08. The first-order chi connectivity index (χ1) is 30.1. The van der Waals surface area contributed by atoms with Crippen molar-refractivity contribution in [3.05, 3.63) is 148 Å². The molecule has 1 atom stereocenters. The number of rotatable bonds is 3. The summed E-state index contributed by atoms with van der Waals surface area (Å²) in [4.78, 5) is 4.83. The Balaban J connectivity index is 1.26. The molecule has 1 aromatic heterocycles. The standard InChI is InChI=1S/C59H64BFN2O/c1-35-18-23-51-41(28-35)53-54(64-51)60-46-33-44-45(59(11,12)27-26-58(44,9)10)34-48(46)62(39-20-21-42-43(32-39)57(7,8)25-24-56(42,5)6)49-30-38(61)31-50(52(49)60)63(53)47-22-19-37(55(2,3)4)29-40(47)36-16-14-13-15-17-36/h13-23,28-32,34,44H,24-27,33H2,1-12H3. The summed E-state index contributed by atoms with van der Waals surface area (Å²) < 4.78 is 24.6. The van der Waals surface area contributed by atoms with Crippen molar-refractivity contribution in [2.45, 2.75) is 131 Å². The lowest BCUT2D eigenvalue weighted by Gasteiger charge is -2.53. The summed E-state index contributed by atoms with van der Waals surface area (Å²) in [5.74, 6) is 0.125. The van der Waals surface area contributed by atoms with Gasteiger partial charge in [-0.3, -0.25) is 0 Å². The van der Waals surface area contributed by atoms with E-state index in [1.165, 1.54) is 39.9 Å². The SMILES string of the molecule is Cc1ccc2oc3c(c2c1)N(c1ccc(C(C)(C)C)cc1-c1ccccc1)c1cc(F)cc2c1B3C1=C(C=C3C(C1)C(C)(C)CCC3(C)C)N2c1ccc2c(c1)C(C)(C)CCC2(C)C. The van der Waals surface area contributed by atoms with Crippen LogP contribution in [-0.4, -0.2) is 6.71 Å². The molecule has 5 heteroatoms. The Hall–Kier alpha value is -5.29. The first kappa shape index (κ1) is 41.4. The average molecular weight is 847 g/mol. The minimum Gasteiger partial charge on any atom is -0.468 e. The Bertz CT molecular complexity index is 3010. The third-order valence-electron chi connectivity index (χ3n) is 16.6. The van der Waals surface area contributed by atoms with Crippen LogP contribution in [0.25, 0.3) is 22.1 Å². The molecule has 326 valence electrons. The summed E-state index contributed by atoms with van der Waals surface area (Å²) >= 11 is 0. The van der Waals surface area contributed by atoms with Crippen LogP contribution in [0.15, 0.2) is 124 Å². The van der Waals surface area contributed by atoms with Gasteiger partial charge in [0.25, 0.3) is 6.71 Å². The van der Waals surface area contributed by atoms with E-state index in [0.29, 0.717) is 5.92 Å². The number of allylic oxidation sites excluding steroid dienone is 3. The van der Waals surface area contributed by atoms with Crippen LogP contribution >= 0.6 is 0 Å². The molecule has 11 rings (SSSR count). The monoisotopic (exact) mass is 847 g/mol. The predicted octanol–water partition coefficient (Wildman–Crippen LogP) is 15.3. The Morgan fingerprint density at radius 1 is 0.688 bits per heavy atom. The summed E-state index contributed by atoms with van der Waals surface area (Å²) in [7, 11) is 0. The van der Waals surface area contributed by atoms with Crippen molar-refractivity contribution >= 4 is 57.2 Å². The van der Waals surface area contributed by atoms with E-state index in [1.807, 2.05) is 12.1 Å². The lowest BCUT2D eigenvalue weighted by molar-refractivity contribution is 0.122. The minimum atomic E-state index is -0.244. The Labute approximate surface area is 381 Å². The molecule has 0 N–H and O–H groups in total. The maximum absolute atomic E-state index is 17.3. The van der Waals surface area contributed by atoms with Crippen molar-refractivity contribution in [2.24, 2.45) is 16.7 Å². The molecule has 5 aromatic carbocycles. The van der Waals surface area contributed by atoms with Crippen LogP contribution in [0.4, 0.5) is 32.8 Å². The van der Waals surface area contributed by atoms with Gasteiger partial charge >= 0.3 is 0 Å². The van der Waals surface area contributed by atoms with Crippen LogP contribution < -0.4 is 20.9 Å². The zero-order valence-electron chi connectivity index (χ0n) is 40.2. The van der Waals surface area contributed by atoms with Gasteiger partial charge in [-0.2, -0.15) is 0 Å². The summed E-state index contributed by atoms with van der Waals surface area (Å²) in [6, 6.07) is 35.0. The molecule has 64 heavy (non-hydrogen) atoms. The fourth-order valence-corrected chi connectivity index (χ4v) is 12.5. The van der Waals surface area contributed by atoms with E-state index in [4.69, 9.17) is 4.42 Å². The van der Waals surface area contributed by atoms with Crippen LogP contribution in [0.5, 0.6) is 0 Å². The molecule has 0 saturated heterocycles. The van der Waals surface area contributed by atoms with Crippen molar-refractivity contribution in [1.29, 1.82) is 0 Å². The van der Waals surface area contributed by atoms with Gasteiger partial charge in [-0.25, -0.2) is 4.39 Å². The van der Waals surface area contributed by atoms with Gasteiger partial charge in [-0.05, 0) is 154 Å². The van der Waals surface area contributed by atoms with Gasteiger partial charge in [0, 0.05) is 33.7 Å². The highest BCUT2D eigenvalue weighted by Gasteiger charge is 2.53. The quantitative estimate of drug-likeness (QED) is 0.165. The maximum atomic E-state index is 17.3. The van der Waals surface area contributed by atoms with Gasteiger partial charge < -0.3 is 14.2 Å². The number of nitrogens with zero attached hydrogens (tertiary/aromatic N) is 2. The molecule has 6 aromatic rings. The molecule has 3 heterocycles. The predicted molar refractivity (Wildman–Crippen MR) is 269 cm³/mol. The Kier molecular flexibility index (Phi) is 8.82. The third kappa shape index (κ3) is 6.11. The van der Waals surface area contributed by atoms with E-state index in [0.717, 1.165) is 92.9 Å². The summed E-state index contributed by atoms with van der Waals surface area (Å²) in [5, 5.41) is 1.06. The first-order valence-corrected chi connectivity index (χ1v) is 23.9. The number of anilines is 5. The highest BCUT2D eigenvalue weighted by Crippen LogP contribution is 2.60. The summed E-state index contributed by atoms with van der Waals surface area (Å²) in [6.45, 7) is 28.3. The molecule has 0 bridgehead atoms. The van der Waals surface area contributed by atoms with Gasteiger partial charge in [0.1, 0.15) is 11.4 Å². The normalized spacial score (nSPS) is 21.2. The average Bonchev–Trinajstić information content (AvgIpc) is 3.61. The fourth-order valence-electron chi connectivity index (χ4n) is 12.5. The smallest absolute Gasteiger partial charge is 0.293 e. The number of furan rings is 1. The van der Waals surface area contributed by atoms with Gasteiger partial charge in [0.15, 0.2) is 0 Å². The second-order valence-corrected chi connectivity index (χ2v) is 23.8. The molecular weight excluding hydrogens is 782 g/mol. The molecule has 3 aliphatic carbocycles. The molecule has 0 radical (unpaired) electrons. The van der Waals surface area contributed by atoms with Crippen LogP contribution in [-0.2, 0) is 16.2 Å². The topological polar surface area (TPSA) is 19.6 Å². The number of hydrogen-bond acceptors (Lipinski definition) is 3. The van der Waals surface area contributed by atoms with Gasteiger partial charge in [0.05, 0.1) is 17.0 Å².